The molecule has 3 heterocycles. The summed E-state index contributed by atoms with van der Waals surface area (Å²) in [5, 5.41) is 11.9. The van der Waals surface area contributed by atoms with Crippen LogP contribution in [0.2, 0.25) is 0 Å². The highest BCUT2D eigenvalue weighted by Gasteiger charge is 2.13. The van der Waals surface area contributed by atoms with Crippen LogP contribution in [0.5, 0.6) is 0 Å². The van der Waals surface area contributed by atoms with E-state index in [1.165, 1.54) is 11.1 Å². The van der Waals surface area contributed by atoms with Gasteiger partial charge in [0, 0.05) is 12.2 Å². The molecule has 0 radical (unpaired) electrons. The van der Waals surface area contributed by atoms with E-state index >= 15 is 0 Å². The van der Waals surface area contributed by atoms with Crippen LogP contribution in [-0.4, -0.2) is 24.7 Å². The quantitative estimate of drug-likeness (QED) is 0.580. The summed E-state index contributed by atoms with van der Waals surface area (Å²) < 4.78 is 2.28. The van der Waals surface area contributed by atoms with E-state index in [0.717, 1.165) is 46.9 Å². The fourth-order valence-electron chi connectivity index (χ4n) is 3.41. The maximum atomic E-state index is 4.79. The lowest BCUT2D eigenvalue weighted by atomic mass is 10.2. The van der Waals surface area contributed by atoms with Crippen LogP contribution in [0.25, 0.3) is 22.1 Å². The van der Waals surface area contributed by atoms with Crippen molar-refractivity contribution in [2.75, 3.05) is 5.32 Å². The molecule has 25 heavy (non-hydrogen) atoms. The fourth-order valence-corrected chi connectivity index (χ4v) is 3.41. The summed E-state index contributed by atoms with van der Waals surface area (Å²) in [6.07, 6.45) is 1.07. The largest absolute Gasteiger partial charge is 0.361 e. The number of para-hydroxylation sites is 2. The van der Waals surface area contributed by atoms with Gasteiger partial charge in [-0.1, -0.05) is 19.1 Å². The zero-order valence-electron chi connectivity index (χ0n) is 14.8. The SMILES string of the molecule is CCCn1c(CNc2n[nH]c3nc(C)cc(C)c23)nc2ccccc21. The van der Waals surface area contributed by atoms with Crippen molar-refractivity contribution in [1.29, 1.82) is 0 Å². The molecule has 4 aromatic rings. The van der Waals surface area contributed by atoms with Crippen molar-refractivity contribution < 1.29 is 0 Å². The molecule has 6 heteroatoms. The second-order valence-electron chi connectivity index (χ2n) is 6.40. The lowest BCUT2D eigenvalue weighted by Gasteiger charge is -2.09. The minimum absolute atomic E-state index is 0.627. The third-order valence-corrected chi connectivity index (χ3v) is 4.45. The average molecular weight is 334 g/mol. The molecule has 128 valence electrons. The molecule has 0 saturated carbocycles. The first-order valence-electron chi connectivity index (χ1n) is 8.67. The van der Waals surface area contributed by atoms with E-state index < -0.39 is 0 Å². The molecule has 0 aliphatic rings. The third kappa shape index (κ3) is 2.73. The van der Waals surface area contributed by atoms with Crippen molar-refractivity contribution in [2.45, 2.75) is 40.3 Å². The summed E-state index contributed by atoms with van der Waals surface area (Å²) in [5.74, 6) is 1.85. The molecular formula is C19H22N6. The molecule has 0 bridgehead atoms. The monoisotopic (exact) mass is 334 g/mol. The summed E-state index contributed by atoms with van der Waals surface area (Å²) >= 11 is 0. The molecule has 0 spiro atoms. The number of anilines is 1. The molecule has 1 aromatic carbocycles. The van der Waals surface area contributed by atoms with Crippen molar-refractivity contribution in [3.05, 3.63) is 47.4 Å². The van der Waals surface area contributed by atoms with Gasteiger partial charge in [0.1, 0.15) is 5.82 Å². The molecule has 0 aliphatic heterocycles. The van der Waals surface area contributed by atoms with Gasteiger partial charge in [-0.15, -0.1) is 0 Å². The molecule has 0 unspecified atom stereocenters. The normalized spacial score (nSPS) is 11.5. The number of hydrogen-bond donors (Lipinski definition) is 2. The van der Waals surface area contributed by atoms with E-state index in [1.54, 1.807) is 0 Å². The lowest BCUT2D eigenvalue weighted by Crippen LogP contribution is -2.09. The summed E-state index contributed by atoms with van der Waals surface area (Å²) in [5.41, 5.74) is 5.20. The van der Waals surface area contributed by atoms with Gasteiger partial charge in [-0.05, 0) is 44.0 Å². The van der Waals surface area contributed by atoms with E-state index in [-0.39, 0.29) is 0 Å². The molecule has 0 saturated heterocycles. The number of H-pyrrole nitrogens is 1. The number of aromatic nitrogens is 5. The van der Waals surface area contributed by atoms with Gasteiger partial charge in [-0.3, -0.25) is 5.10 Å². The Labute approximate surface area is 146 Å². The van der Waals surface area contributed by atoms with Crippen LogP contribution in [0.4, 0.5) is 5.82 Å². The number of fused-ring (bicyclic) bond motifs is 2. The number of aromatic amines is 1. The molecule has 3 aromatic heterocycles. The average Bonchev–Trinajstić information content (AvgIpc) is 3.15. The predicted molar refractivity (Wildman–Crippen MR) is 101 cm³/mol. The van der Waals surface area contributed by atoms with Crippen LogP contribution < -0.4 is 5.32 Å². The van der Waals surface area contributed by atoms with E-state index in [9.17, 15) is 0 Å². The van der Waals surface area contributed by atoms with Gasteiger partial charge in [0.05, 0.1) is 23.0 Å². The van der Waals surface area contributed by atoms with Gasteiger partial charge >= 0.3 is 0 Å². The number of benzene rings is 1. The Morgan fingerprint density at radius 1 is 1.16 bits per heavy atom. The number of nitrogens with one attached hydrogen (secondary N) is 2. The Balaban J connectivity index is 1.68. The van der Waals surface area contributed by atoms with Crippen LogP contribution in [-0.2, 0) is 13.1 Å². The zero-order valence-corrected chi connectivity index (χ0v) is 14.8. The van der Waals surface area contributed by atoms with Crippen LogP contribution >= 0.6 is 0 Å². The maximum absolute atomic E-state index is 4.79. The number of nitrogens with zero attached hydrogens (tertiary/aromatic N) is 4. The third-order valence-electron chi connectivity index (χ3n) is 4.45. The molecule has 2 N–H and O–H groups in total. The standard InChI is InChI=1S/C19H22N6/c1-4-9-25-15-8-6-5-7-14(15)22-16(25)11-20-18-17-12(2)10-13(3)21-19(17)24-23-18/h5-8,10H,4,9,11H2,1-3H3,(H2,20,21,23,24). The van der Waals surface area contributed by atoms with Crippen molar-refractivity contribution >= 4 is 27.9 Å². The minimum atomic E-state index is 0.627. The molecule has 6 nitrogen and oxygen atoms in total. The molecule has 0 aliphatic carbocycles. The molecule has 4 rings (SSSR count). The Morgan fingerprint density at radius 3 is 2.84 bits per heavy atom. The van der Waals surface area contributed by atoms with Crippen molar-refractivity contribution in [1.82, 2.24) is 24.7 Å². The molecule has 0 amide bonds. The summed E-state index contributed by atoms with van der Waals surface area (Å²) in [6.45, 7) is 7.85. The topological polar surface area (TPSA) is 71.4 Å². The van der Waals surface area contributed by atoms with E-state index in [4.69, 9.17) is 4.98 Å². The first-order valence-corrected chi connectivity index (χ1v) is 8.67. The van der Waals surface area contributed by atoms with Crippen molar-refractivity contribution in [3.63, 3.8) is 0 Å². The smallest absolute Gasteiger partial charge is 0.158 e. The van der Waals surface area contributed by atoms with Gasteiger partial charge in [0.15, 0.2) is 11.5 Å². The van der Waals surface area contributed by atoms with Crippen LogP contribution in [0, 0.1) is 13.8 Å². The second kappa shape index (κ2) is 6.20. The van der Waals surface area contributed by atoms with Gasteiger partial charge in [-0.2, -0.15) is 5.10 Å². The highest BCUT2D eigenvalue weighted by Crippen LogP contribution is 2.24. The van der Waals surface area contributed by atoms with E-state index in [1.807, 2.05) is 13.0 Å². The number of hydrogen-bond acceptors (Lipinski definition) is 4. The predicted octanol–water partition coefficient (Wildman–Crippen LogP) is 3.95. The van der Waals surface area contributed by atoms with Gasteiger partial charge in [-0.25, -0.2) is 9.97 Å². The zero-order chi connectivity index (χ0) is 17.4. The maximum Gasteiger partial charge on any atom is 0.158 e. The van der Waals surface area contributed by atoms with Gasteiger partial charge < -0.3 is 9.88 Å². The Bertz CT molecular complexity index is 1040. The number of aryl methyl sites for hydroxylation is 3. The lowest BCUT2D eigenvalue weighted by molar-refractivity contribution is 0.661. The Kier molecular flexibility index (Phi) is 3.87. The molecule has 0 fully saturated rings. The van der Waals surface area contributed by atoms with Crippen LogP contribution in [0.3, 0.4) is 0 Å². The van der Waals surface area contributed by atoms with Crippen LogP contribution in [0.1, 0.15) is 30.4 Å². The Morgan fingerprint density at radius 2 is 2.00 bits per heavy atom. The number of rotatable bonds is 5. The Hall–Kier alpha value is -2.89. The number of imidazole rings is 1. The highest BCUT2D eigenvalue weighted by atomic mass is 15.2. The molecule has 0 atom stereocenters. The number of pyridine rings is 1. The van der Waals surface area contributed by atoms with Gasteiger partial charge in [0.2, 0.25) is 0 Å². The first-order chi connectivity index (χ1) is 12.2. The van der Waals surface area contributed by atoms with Gasteiger partial charge in [0.25, 0.3) is 0 Å². The van der Waals surface area contributed by atoms with E-state index in [0.29, 0.717) is 6.54 Å². The fraction of sp³-hybridized carbons (Fsp3) is 0.316. The summed E-state index contributed by atoms with van der Waals surface area (Å²) in [7, 11) is 0. The second-order valence-corrected chi connectivity index (χ2v) is 6.40. The summed E-state index contributed by atoms with van der Waals surface area (Å²) in [6, 6.07) is 10.4. The minimum Gasteiger partial charge on any atom is -0.361 e. The van der Waals surface area contributed by atoms with E-state index in [2.05, 4.69) is 63.2 Å². The van der Waals surface area contributed by atoms with Crippen molar-refractivity contribution in [3.8, 4) is 0 Å². The molecular weight excluding hydrogens is 312 g/mol. The van der Waals surface area contributed by atoms with Crippen LogP contribution in [0.15, 0.2) is 30.3 Å². The first kappa shape index (κ1) is 15.6. The summed E-state index contributed by atoms with van der Waals surface area (Å²) in [4.78, 5) is 9.31. The highest BCUT2D eigenvalue weighted by molar-refractivity contribution is 5.90. The van der Waals surface area contributed by atoms with Crippen molar-refractivity contribution in [2.24, 2.45) is 0 Å².